The van der Waals surface area contributed by atoms with E-state index < -0.39 is 0 Å². The van der Waals surface area contributed by atoms with Crippen molar-refractivity contribution in [1.82, 2.24) is 0 Å². The molecular formula is C13H20N2O. The van der Waals surface area contributed by atoms with Crippen LogP contribution in [-0.4, -0.2) is 23.8 Å². The summed E-state index contributed by atoms with van der Waals surface area (Å²) in [6, 6.07) is 9.35. The van der Waals surface area contributed by atoms with E-state index in [4.69, 9.17) is 10.8 Å². The standard InChI is InChI=1S/C13H20N2O/c14-11-8-13(9-11)15-12-5-1-3-10(7-12)4-2-6-16/h1,3,5,7,11,13,15-16H,2,4,6,8-9,14H2. The molecule has 0 saturated heterocycles. The molecule has 0 aromatic heterocycles. The summed E-state index contributed by atoms with van der Waals surface area (Å²) in [6.07, 6.45) is 3.91. The smallest absolute Gasteiger partial charge is 0.0434 e. The molecule has 2 rings (SSSR count). The average Bonchev–Trinajstić information content (AvgIpc) is 2.25. The first-order valence-corrected chi connectivity index (χ1v) is 6.00. The summed E-state index contributed by atoms with van der Waals surface area (Å²) in [4.78, 5) is 0. The van der Waals surface area contributed by atoms with Crippen molar-refractivity contribution in [3.05, 3.63) is 29.8 Å². The Morgan fingerprint density at radius 2 is 2.19 bits per heavy atom. The van der Waals surface area contributed by atoms with Crippen LogP contribution in [0.15, 0.2) is 24.3 Å². The van der Waals surface area contributed by atoms with Gasteiger partial charge in [-0.1, -0.05) is 12.1 Å². The molecule has 0 spiro atoms. The molecule has 3 nitrogen and oxygen atoms in total. The summed E-state index contributed by atoms with van der Waals surface area (Å²) in [6.45, 7) is 0.259. The largest absolute Gasteiger partial charge is 0.396 e. The number of nitrogens with one attached hydrogen (secondary N) is 1. The molecule has 88 valence electrons. The number of benzene rings is 1. The van der Waals surface area contributed by atoms with Gasteiger partial charge in [-0.2, -0.15) is 0 Å². The second-order valence-corrected chi connectivity index (χ2v) is 4.60. The fourth-order valence-electron chi connectivity index (χ4n) is 2.12. The number of aryl methyl sites for hydroxylation is 1. The lowest BCUT2D eigenvalue weighted by Crippen LogP contribution is -2.44. The predicted octanol–water partition coefficient (Wildman–Crippen LogP) is 1.51. The van der Waals surface area contributed by atoms with Gasteiger partial charge in [-0.05, 0) is 43.4 Å². The van der Waals surface area contributed by atoms with E-state index >= 15 is 0 Å². The van der Waals surface area contributed by atoms with E-state index in [0.29, 0.717) is 12.1 Å². The van der Waals surface area contributed by atoms with Gasteiger partial charge < -0.3 is 16.2 Å². The Hall–Kier alpha value is -1.06. The molecule has 0 aliphatic heterocycles. The fraction of sp³-hybridized carbons (Fsp3) is 0.538. The van der Waals surface area contributed by atoms with Gasteiger partial charge in [-0.25, -0.2) is 0 Å². The van der Waals surface area contributed by atoms with Gasteiger partial charge in [0.25, 0.3) is 0 Å². The van der Waals surface area contributed by atoms with Gasteiger partial charge >= 0.3 is 0 Å². The number of aliphatic hydroxyl groups is 1. The van der Waals surface area contributed by atoms with Crippen LogP contribution in [0.4, 0.5) is 5.69 Å². The van der Waals surface area contributed by atoms with Gasteiger partial charge in [0.2, 0.25) is 0 Å². The minimum Gasteiger partial charge on any atom is -0.396 e. The third kappa shape index (κ3) is 2.97. The van der Waals surface area contributed by atoms with Crippen molar-refractivity contribution >= 4 is 5.69 Å². The molecule has 0 unspecified atom stereocenters. The molecule has 0 heterocycles. The van der Waals surface area contributed by atoms with Crippen molar-refractivity contribution in [3.63, 3.8) is 0 Å². The SMILES string of the molecule is NC1CC(Nc2cccc(CCCO)c2)C1. The summed E-state index contributed by atoms with van der Waals surface area (Å²) in [5.74, 6) is 0. The van der Waals surface area contributed by atoms with E-state index in [2.05, 4.69) is 29.6 Å². The van der Waals surface area contributed by atoms with E-state index in [0.717, 1.165) is 25.7 Å². The Morgan fingerprint density at radius 1 is 1.38 bits per heavy atom. The van der Waals surface area contributed by atoms with Crippen LogP contribution in [0.2, 0.25) is 0 Å². The molecule has 0 radical (unpaired) electrons. The van der Waals surface area contributed by atoms with Crippen molar-refractivity contribution in [2.45, 2.75) is 37.8 Å². The van der Waals surface area contributed by atoms with E-state index in [1.165, 1.54) is 11.3 Å². The normalized spacial score (nSPS) is 23.9. The first-order valence-electron chi connectivity index (χ1n) is 6.00. The van der Waals surface area contributed by atoms with Crippen molar-refractivity contribution in [2.75, 3.05) is 11.9 Å². The van der Waals surface area contributed by atoms with Crippen molar-refractivity contribution in [3.8, 4) is 0 Å². The van der Waals surface area contributed by atoms with Gasteiger partial charge in [0, 0.05) is 24.4 Å². The minimum atomic E-state index is 0.259. The van der Waals surface area contributed by atoms with Crippen molar-refractivity contribution in [2.24, 2.45) is 5.73 Å². The molecule has 0 amide bonds. The van der Waals surface area contributed by atoms with E-state index in [9.17, 15) is 0 Å². The van der Waals surface area contributed by atoms with Crippen LogP contribution in [-0.2, 0) is 6.42 Å². The number of hydrogen-bond acceptors (Lipinski definition) is 3. The Balaban J connectivity index is 1.88. The van der Waals surface area contributed by atoms with Crippen molar-refractivity contribution in [1.29, 1.82) is 0 Å². The van der Waals surface area contributed by atoms with E-state index in [-0.39, 0.29) is 6.61 Å². The summed E-state index contributed by atoms with van der Waals surface area (Å²) >= 11 is 0. The van der Waals surface area contributed by atoms with Crippen LogP contribution in [0.25, 0.3) is 0 Å². The quantitative estimate of drug-likeness (QED) is 0.705. The van der Waals surface area contributed by atoms with Gasteiger partial charge in [0.15, 0.2) is 0 Å². The highest BCUT2D eigenvalue weighted by molar-refractivity contribution is 5.47. The van der Waals surface area contributed by atoms with Crippen LogP contribution in [0, 0.1) is 0 Å². The Bertz CT molecular complexity index is 334. The third-order valence-electron chi connectivity index (χ3n) is 3.10. The summed E-state index contributed by atoms with van der Waals surface area (Å²) in [5, 5.41) is 12.3. The van der Waals surface area contributed by atoms with Gasteiger partial charge in [0.1, 0.15) is 0 Å². The van der Waals surface area contributed by atoms with Crippen molar-refractivity contribution < 1.29 is 5.11 Å². The Morgan fingerprint density at radius 3 is 2.88 bits per heavy atom. The van der Waals surface area contributed by atoms with Crippen LogP contribution < -0.4 is 11.1 Å². The first kappa shape index (κ1) is 11.4. The zero-order valence-electron chi connectivity index (χ0n) is 9.52. The molecule has 3 heteroatoms. The highest BCUT2D eigenvalue weighted by atomic mass is 16.2. The fourth-order valence-corrected chi connectivity index (χ4v) is 2.12. The second kappa shape index (κ2) is 5.32. The molecular weight excluding hydrogens is 200 g/mol. The lowest BCUT2D eigenvalue weighted by molar-refractivity contribution is 0.288. The molecule has 16 heavy (non-hydrogen) atoms. The van der Waals surface area contributed by atoms with Gasteiger partial charge in [-0.15, -0.1) is 0 Å². The van der Waals surface area contributed by atoms with Gasteiger partial charge in [0.05, 0.1) is 0 Å². The lowest BCUT2D eigenvalue weighted by atomic mass is 9.87. The second-order valence-electron chi connectivity index (χ2n) is 4.60. The first-order chi connectivity index (χ1) is 7.78. The zero-order chi connectivity index (χ0) is 11.4. The molecule has 1 aromatic carbocycles. The zero-order valence-corrected chi connectivity index (χ0v) is 9.52. The maximum atomic E-state index is 8.79. The maximum Gasteiger partial charge on any atom is 0.0434 e. The molecule has 1 aliphatic carbocycles. The summed E-state index contributed by atoms with van der Waals surface area (Å²) in [7, 11) is 0. The molecule has 1 aromatic rings. The maximum absolute atomic E-state index is 8.79. The Labute approximate surface area is 96.7 Å². The van der Waals surface area contributed by atoms with Crippen LogP contribution in [0.3, 0.4) is 0 Å². The molecule has 1 aliphatic rings. The Kier molecular flexibility index (Phi) is 3.80. The number of anilines is 1. The van der Waals surface area contributed by atoms with Gasteiger partial charge in [-0.3, -0.25) is 0 Å². The number of aliphatic hydroxyl groups excluding tert-OH is 1. The van der Waals surface area contributed by atoms with Crippen LogP contribution >= 0.6 is 0 Å². The molecule has 4 N–H and O–H groups in total. The number of rotatable bonds is 5. The number of hydrogen-bond donors (Lipinski definition) is 3. The monoisotopic (exact) mass is 220 g/mol. The predicted molar refractivity (Wildman–Crippen MR) is 66.5 cm³/mol. The highest BCUT2D eigenvalue weighted by Crippen LogP contribution is 2.23. The van der Waals surface area contributed by atoms with Crippen LogP contribution in [0.1, 0.15) is 24.8 Å². The molecule has 0 atom stereocenters. The minimum absolute atomic E-state index is 0.259. The summed E-state index contributed by atoms with van der Waals surface area (Å²) < 4.78 is 0. The number of nitrogens with two attached hydrogens (primary N) is 1. The third-order valence-corrected chi connectivity index (χ3v) is 3.10. The topological polar surface area (TPSA) is 58.3 Å². The lowest BCUT2D eigenvalue weighted by Gasteiger charge is -2.33. The average molecular weight is 220 g/mol. The molecule has 1 saturated carbocycles. The van der Waals surface area contributed by atoms with Crippen LogP contribution in [0.5, 0.6) is 0 Å². The molecule has 0 bridgehead atoms. The summed E-state index contributed by atoms with van der Waals surface area (Å²) in [5.41, 5.74) is 8.20. The van der Waals surface area contributed by atoms with E-state index in [1.54, 1.807) is 0 Å². The van der Waals surface area contributed by atoms with E-state index in [1.807, 2.05) is 0 Å². The molecule has 1 fully saturated rings. The highest BCUT2D eigenvalue weighted by Gasteiger charge is 2.25.